The summed E-state index contributed by atoms with van der Waals surface area (Å²) in [7, 11) is 0. The van der Waals surface area contributed by atoms with Crippen molar-refractivity contribution in [2.75, 3.05) is 13.1 Å². The van der Waals surface area contributed by atoms with Gasteiger partial charge >= 0.3 is 0 Å². The minimum Gasteiger partial charge on any atom is -0.326 e. The molecule has 0 aliphatic carbocycles. The minimum absolute atomic E-state index is 0.0123. The largest absolute Gasteiger partial charge is 0.326 e. The summed E-state index contributed by atoms with van der Waals surface area (Å²) in [6.45, 7) is 7.99. The first-order valence-corrected chi connectivity index (χ1v) is 5.85. The van der Waals surface area contributed by atoms with Crippen LogP contribution in [0.1, 0.15) is 32.4 Å². The van der Waals surface area contributed by atoms with Crippen LogP contribution in [0.5, 0.6) is 0 Å². The molecule has 16 heavy (non-hydrogen) atoms. The van der Waals surface area contributed by atoms with Crippen LogP contribution >= 0.6 is 0 Å². The molecule has 0 saturated heterocycles. The van der Waals surface area contributed by atoms with Crippen LogP contribution in [0.3, 0.4) is 0 Å². The summed E-state index contributed by atoms with van der Waals surface area (Å²) in [5, 5.41) is 0. The molecule has 0 spiro atoms. The van der Waals surface area contributed by atoms with E-state index in [1.54, 1.807) is 12.1 Å². The first-order chi connectivity index (χ1) is 7.60. The van der Waals surface area contributed by atoms with Crippen molar-refractivity contribution in [2.45, 2.75) is 32.9 Å². The second kappa shape index (κ2) is 5.97. The highest BCUT2D eigenvalue weighted by Gasteiger charge is 2.21. The van der Waals surface area contributed by atoms with E-state index in [2.05, 4.69) is 18.7 Å². The molecular formula is C13H21FN2. The van der Waals surface area contributed by atoms with E-state index in [0.717, 1.165) is 18.7 Å². The fourth-order valence-corrected chi connectivity index (χ4v) is 2.15. The van der Waals surface area contributed by atoms with Gasteiger partial charge < -0.3 is 5.73 Å². The third kappa shape index (κ3) is 3.03. The van der Waals surface area contributed by atoms with Crippen LogP contribution in [0.15, 0.2) is 24.3 Å². The quantitative estimate of drug-likeness (QED) is 0.833. The van der Waals surface area contributed by atoms with Crippen LogP contribution in [0.2, 0.25) is 0 Å². The fourth-order valence-electron chi connectivity index (χ4n) is 2.15. The Morgan fingerprint density at radius 3 is 2.38 bits per heavy atom. The monoisotopic (exact) mass is 224 g/mol. The SMILES string of the molecule is CCN(CC)C(c1cccc(F)c1)C(C)N. The van der Waals surface area contributed by atoms with Crippen LogP contribution in [0.4, 0.5) is 4.39 Å². The molecule has 3 heteroatoms. The predicted molar refractivity (Wildman–Crippen MR) is 65.7 cm³/mol. The number of nitrogens with zero attached hydrogens (tertiary/aromatic N) is 1. The number of halogens is 1. The Hall–Kier alpha value is -0.930. The van der Waals surface area contributed by atoms with Gasteiger partial charge in [0, 0.05) is 12.1 Å². The van der Waals surface area contributed by atoms with Crippen molar-refractivity contribution in [3.05, 3.63) is 35.6 Å². The van der Waals surface area contributed by atoms with Gasteiger partial charge in [0.1, 0.15) is 5.82 Å². The maximum Gasteiger partial charge on any atom is 0.123 e. The van der Waals surface area contributed by atoms with Gasteiger partial charge in [-0.15, -0.1) is 0 Å². The lowest BCUT2D eigenvalue weighted by atomic mass is 9.99. The highest BCUT2D eigenvalue weighted by atomic mass is 19.1. The van der Waals surface area contributed by atoms with Gasteiger partial charge in [-0.2, -0.15) is 0 Å². The summed E-state index contributed by atoms with van der Waals surface area (Å²) in [5.74, 6) is -0.199. The number of hydrogen-bond donors (Lipinski definition) is 1. The van der Waals surface area contributed by atoms with Crippen molar-refractivity contribution >= 4 is 0 Å². The molecule has 0 aliphatic rings. The molecule has 2 unspecified atom stereocenters. The number of hydrogen-bond acceptors (Lipinski definition) is 2. The average molecular weight is 224 g/mol. The third-order valence-corrected chi connectivity index (χ3v) is 2.89. The van der Waals surface area contributed by atoms with Crippen molar-refractivity contribution < 1.29 is 4.39 Å². The highest BCUT2D eigenvalue weighted by molar-refractivity contribution is 5.21. The molecule has 0 saturated carbocycles. The predicted octanol–water partition coefficient (Wildman–Crippen LogP) is 2.56. The van der Waals surface area contributed by atoms with Crippen LogP contribution in [-0.4, -0.2) is 24.0 Å². The molecule has 2 N–H and O–H groups in total. The highest BCUT2D eigenvalue weighted by Crippen LogP contribution is 2.23. The molecule has 2 atom stereocenters. The number of rotatable bonds is 5. The zero-order chi connectivity index (χ0) is 12.1. The molecule has 0 fully saturated rings. The van der Waals surface area contributed by atoms with Crippen LogP contribution in [0.25, 0.3) is 0 Å². The molecule has 1 aromatic carbocycles. The topological polar surface area (TPSA) is 29.3 Å². The number of nitrogens with two attached hydrogens (primary N) is 1. The van der Waals surface area contributed by atoms with Crippen molar-refractivity contribution in [1.29, 1.82) is 0 Å². The molecule has 1 rings (SSSR count). The molecule has 0 amide bonds. The number of likely N-dealkylation sites (N-methyl/N-ethyl adjacent to an activating group) is 1. The van der Waals surface area contributed by atoms with E-state index in [1.165, 1.54) is 6.07 Å². The van der Waals surface area contributed by atoms with Crippen LogP contribution in [-0.2, 0) is 0 Å². The van der Waals surface area contributed by atoms with E-state index in [0.29, 0.717) is 0 Å². The molecule has 0 aliphatic heterocycles. The van der Waals surface area contributed by atoms with E-state index in [4.69, 9.17) is 5.73 Å². The molecule has 0 bridgehead atoms. The summed E-state index contributed by atoms with van der Waals surface area (Å²) in [4.78, 5) is 2.25. The molecule has 90 valence electrons. The van der Waals surface area contributed by atoms with Crippen molar-refractivity contribution in [2.24, 2.45) is 5.73 Å². The van der Waals surface area contributed by atoms with E-state index in [9.17, 15) is 4.39 Å². The molecule has 2 nitrogen and oxygen atoms in total. The minimum atomic E-state index is -0.199. The lowest BCUT2D eigenvalue weighted by molar-refractivity contribution is 0.195. The van der Waals surface area contributed by atoms with Crippen LogP contribution in [0, 0.1) is 5.82 Å². The first-order valence-electron chi connectivity index (χ1n) is 5.85. The normalized spacial score (nSPS) is 15.1. The van der Waals surface area contributed by atoms with Gasteiger partial charge in [-0.25, -0.2) is 4.39 Å². The number of benzene rings is 1. The van der Waals surface area contributed by atoms with E-state index < -0.39 is 0 Å². The van der Waals surface area contributed by atoms with Crippen molar-refractivity contribution in [3.8, 4) is 0 Å². The standard InChI is InChI=1S/C13H21FN2/c1-4-16(5-2)13(10(3)15)11-7-6-8-12(14)9-11/h6-10,13H,4-5,15H2,1-3H3. The van der Waals surface area contributed by atoms with Gasteiger partial charge in [0.15, 0.2) is 0 Å². The summed E-state index contributed by atoms with van der Waals surface area (Å²) in [6, 6.07) is 6.79. The average Bonchev–Trinajstić information content (AvgIpc) is 2.24. The van der Waals surface area contributed by atoms with Gasteiger partial charge in [0.2, 0.25) is 0 Å². The van der Waals surface area contributed by atoms with Crippen molar-refractivity contribution in [1.82, 2.24) is 4.90 Å². The Morgan fingerprint density at radius 1 is 1.31 bits per heavy atom. The fraction of sp³-hybridized carbons (Fsp3) is 0.538. The molecule has 0 aromatic heterocycles. The van der Waals surface area contributed by atoms with Gasteiger partial charge in [-0.1, -0.05) is 26.0 Å². The molecule has 0 heterocycles. The third-order valence-electron chi connectivity index (χ3n) is 2.89. The molecule has 1 aromatic rings. The second-order valence-electron chi connectivity index (χ2n) is 4.08. The van der Waals surface area contributed by atoms with Gasteiger partial charge in [-0.05, 0) is 37.7 Å². The summed E-state index contributed by atoms with van der Waals surface area (Å²) < 4.78 is 13.2. The van der Waals surface area contributed by atoms with Gasteiger partial charge in [0.05, 0.1) is 0 Å². The van der Waals surface area contributed by atoms with Gasteiger partial charge in [-0.3, -0.25) is 4.90 Å². The Balaban J connectivity index is 3.02. The second-order valence-corrected chi connectivity index (χ2v) is 4.08. The Morgan fingerprint density at radius 2 is 1.94 bits per heavy atom. The summed E-state index contributed by atoms with van der Waals surface area (Å²) in [6.07, 6.45) is 0. The molecule has 0 radical (unpaired) electrons. The maximum absolute atomic E-state index is 13.2. The van der Waals surface area contributed by atoms with Crippen molar-refractivity contribution in [3.63, 3.8) is 0 Å². The Labute approximate surface area is 97.3 Å². The van der Waals surface area contributed by atoms with E-state index >= 15 is 0 Å². The zero-order valence-corrected chi connectivity index (χ0v) is 10.3. The maximum atomic E-state index is 13.2. The van der Waals surface area contributed by atoms with E-state index in [-0.39, 0.29) is 17.9 Å². The van der Waals surface area contributed by atoms with Gasteiger partial charge in [0.25, 0.3) is 0 Å². The zero-order valence-electron chi connectivity index (χ0n) is 10.3. The summed E-state index contributed by atoms with van der Waals surface area (Å²) >= 11 is 0. The smallest absolute Gasteiger partial charge is 0.123 e. The lowest BCUT2D eigenvalue weighted by Gasteiger charge is -2.32. The molecular weight excluding hydrogens is 203 g/mol. The lowest BCUT2D eigenvalue weighted by Crippen LogP contribution is -2.39. The van der Waals surface area contributed by atoms with E-state index in [1.807, 2.05) is 13.0 Å². The summed E-state index contributed by atoms with van der Waals surface area (Å²) in [5.41, 5.74) is 6.96. The Kier molecular flexibility index (Phi) is 4.90. The van der Waals surface area contributed by atoms with Crippen LogP contribution < -0.4 is 5.73 Å². The first kappa shape index (κ1) is 13.1. The Bertz CT molecular complexity index is 321.